The molecule has 0 atom stereocenters. The van der Waals surface area contributed by atoms with E-state index in [0.717, 1.165) is 24.1 Å². The zero-order valence-electron chi connectivity index (χ0n) is 14.3. The van der Waals surface area contributed by atoms with Crippen molar-refractivity contribution in [2.24, 2.45) is 0 Å². The third-order valence-corrected chi connectivity index (χ3v) is 5.10. The summed E-state index contributed by atoms with van der Waals surface area (Å²) in [5.41, 5.74) is 3.35. The Morgan fingerprint density at radius 2 is 1.96 bits per heavy atom. The molecule has 1 fully saturated rings. The lowest BCUT2D eigenvalue weighted by Gasteiger charge is -2.09. The Hall–Kier alpha value is -2.99. The predicted molar refractivity (Wildman–Crippen MR) is 102 cm³/mol. The van der Waals surface area contributed by atoms with E-state index in [1.54, 1.807) is 24.3 Å². The van der Waals surface area contributed by atoms with E-state index in [0.29, 0.717) is 39.4 Å². The first kappa shape index (κ1) is 16.2. The third kappa shape index (κ3) is 2.92. The summed E-state index contributed by atoms with van der Waals surface area (Å²) in [7, 11) is 0. The van der Waals surface area contributed by atoms with Gasteiger partial charge in [0.05, 0.1) is 16.3 Å². The Morgan fingerprint density at radius 1 is 1.15 bits per heavy atom. The number of H-pyrrole nitrogens is 1. The van der Waals surface area contributed by atoms with Crippen LogP contribution < -0.4 is 14.8 Å². The molecule has 0 saturated heterocycles. The number of hydrogen-bond donors (Lipinski definition) is 2. The van der Waals surface area contributed by atoms with Crippen LogP contribution in [0.1, 0.15) is 34.8 Å². The Bertz CT molecular complexity index is 1040. The van der Waals surface area contributed by atoms with Crippen molar-refractivity contribution in [3.8, 4) is 22.8 Å². The van der Waals surface area contributed by atoms with E-state index in [-0.39, 0.29) is 12.7 Å². The summed E-state index contributed by atoms with van der Waals surface area (Å²) in [5, 5.41) is 11.0. The van der Waals surface area contributed by atoms with Crippen LogP contribution in [-0.2, 0) is 0 Å². The summed E-state index contributed by atoms with van der Waals surface area (Å²) >= 11 is 6.35. The average Bonchev–Trinajstić information content (AvgIpc) is 3.24. The molecular weight excluding hydrogens is 366 g/mol. The normalized spacial score (nSPS) is 15.0. The van der Waals surface area contributed by atoms with Gasteiger partial charge in [0.1, 0.15) is 5.69 Å². The van der Waals surface area contributed by atoms with E-state index in [1.165, 1.54) is 0 Å². The SMILES string of the molecule is O=C(Nc1ccc2c(c1)OCO2)c1c(-c2ccccc2Cl)n[nH]c1C1CC1. The van der Waals surface area contributed by atoms with Gasteiger partial charge in [0.2, 0.25) is 6.79 Å². The minimum Gasteiger partial charge on any atom is -0.454 e. The molecular formula is C20H16ClN3O3. The van der Waals surface area contributed by atoms with Crippen molar-refractivity contribution in [3.05, 3.63) is 58.7 Å². The van der Waals surface area contributed by atoms with Crippen molar-refractivity contribution in [1.82, 2.24) is 10.2 Å². The molecule has 136 valence electrons. The molecule has 0 radical (unpaired) electrons. The second-order valence-electron chi connectivity index (χ2n) is 6.64. The fraction of sp³-hybridized carbons (Fsp3) is 0.200. The van der Waals surface area contributed by atoms with Gasteiger partial charge in [0.25, 0.3) is 5.91 Å². The zero-order chi connectivity index (χ0) is 18.4. The first-order valence-electron chi connectivity index (χ1n) is 8.75. The summed E-state index contributed by atoms with van der Waals surface area (Å²) in [4.78, 5) is 13.1. The van der Waals surface area contributed by atoms with Crippen molar-refractivity contribution in [1.29, 1.82) is 0 Å². The number of aromatic nitrogens is 2. The Kier molecular flexibility index (Phi) is 3.79. The number of benzene rings is 2. The van der Waals surface area contributed by atoms with Crippen LogP contribution in [0.3, 0.4) is 0 Å². The Balaban J connectivity index is 1.52. The van der Waals surface area contributed by atoms with Crippen LogP contribution >= 0.6 is 11.6 Å². The molecule has 1 aliphatic heterocycles. The fourth-order valence-corrected chi connectivity index (χ4v) is 3.49. The molecule has 0 spiro atoms. The van der Waals surface area contributed by atoms with Gasteiger partial charge in [-0.15, -0.1) is 0 Å². The topological polar surface area (TPSA) is 76.2 Å². The number of carbonyl (C=O) groups is 1. The molecule has 3 aromatic rings. The number of ether oxygens (including phenoxy) is 2. The molecule has 1 aromatic heterocycles. The molecule has 1 amide bonds. The van der Waals surface area contributed by atoms with Crippen molar-refractivity contribution >= 4 is 23.2 Å². The predicted octanol–water partition coefficient (Wildman–Crippen LogP) is 4.59. The number of carbonyl (C=O) groups excluding carboxylic acids is 1. The van der Waals surface area contributed by atoms with Crippen LogP contribution in [-0.4, -0.2) is 22.9 Å². The lowest BCUT2D eigenvalue weighted by atomic mass is 10.0. The molecule has 1 saturated carbocycles. The molecule has 6 nitrogen and oxygen atoms in total. The summed E-state index contributed by atoms with van der Waals surface area (Å²) < 4.78 is 10.7. The monoisotopic (exact) mass is 381 g/mol. The second kappa shape index (κ2) is 6.32. The molecule has 0 unspecified atom stereocenters. The maximum atomic E-state index is 13.1. The number of halogens is 1. The van der Waals surface area contributed by atoms with E-state index < -0.39 is 0 Å². The number of anilines is 1. The molecule has 2 aliphatic rings. The minimum absolute atomic E-state index is 0.191. The molecule has 27 heavy (non-hydrogen) atoms. The second-order valence-corrected chi connectivity index (χ2v) is 7.04. The number of nitrogens with one attached hydrogen (secondary N) is 2. The molecule has 7 heteroatoms. The standard InChI is InChI=1S/C20H16ClN3O3/c21-14-4-2-1-3-13(14)19-17(18(23-24-19)11-5-6-11)20(25)22-12-7-8-15-16(9-12)27-10-26-15/h1-4,7-9,11H,5-6,10H2,(H,22,25)(H,23,24). The zero-order valence-corrected chi connectivity index (χ0v) is 15.0. The lowest BCUT2D eigenvalue weighted by molar-refractivity contribution is 0.102. The van der Waals surface area contributed by atoms with Crippen LogP contribution in [0.2, 0.25) is 5.02 Å². The van der Waals surface area contributed by atoms with Crippen LogP contribution in [0.5, 0.6) is 11.5 Å². The maximum absolute atomic E-state index is 13.1. The first-order valence-corrected chi connectivity index (χ1v) is 9.12. The largest absolute Gasteiger partial charge is 0.454 e. The summed E-state index contributed by atoms with van der Waals surface area (Å²) in [6, 6.07) is 12.7. The van der Waals surface area contributed by atoms with E-state index in [1.807, 2.05) is 18.2 Å². The van der Waals surface area contributed by atoms with Gasteiger partial charge in [-0.2, -0.15) is 5.10 Å². The number of rotatable bonds is 4. The maximum Gasteiger partial charge on any atom is 0.259 e. The van der Waals surface area contributed by atoms with Gasteiger partial charge >= 0.3 is 0 Å². The smallest absolute Gasteiger partial charge is 0.259 e. The van der Waals surface area contributed by atoms with Gasteiger partial charge < -0.3 is 14.8 Å². The lowest BCUT2D eigenvalue weighted by Crippen LogP contribution is -2.14. The molecule has 2 aromatic carbocycles. The van der Waals surface area contributed by atoms with Gasteiger partial charge in [-0.3, -0.25) is 9.89 Å². The van der Waals surface area contributed by atoms with Gasteiger partial charge in [-0.25, -0.2) is 0 Å². The minimum atomic E-state index is -0.223. The number of amides is 1. The third-order valence-electron chi connectivity index (χ3n) is 4.77. The van der Waals surface area contributed by atoms with Crippen LogP contribution in [0.4, 0.5) is 5.69 Å². The quantitative estimate of drug-likeness (QED) is 0.693. The van der Waals surface area contributed by atoms with Gasteiger partial charge in [0.15, 0.2) is 11.5 Å². The van der Waals surface area contributed by atoms with Crippen LogP contribution in [0.15, 0.2) is 42.5 Å². The van der Waals surface area contributed by atoms with Crippen molar-refractivity contribution in [2.45, 2.75) is 18.8 Å². The van der Waals surface area contributed by atoms with E-state index in [2.05, 4.69) is 15.5 Å². The van der Waals surface area contributed by atoms with E-state index in [4.69, 9.17) is 21.1 Å². The van der Waals surface area contributed by atoms with Crippen LogP contribution in [0.25, 0.3) is 11.3 Å². The highest BCUT2D eigenvalue weighted by Gasteiger charge is 2.33. The molecule has 1 aliphatic carbocycles. The molecule has 5 rings (SSSR count). The van der Waals surface area contributed by atoms with Crippen molar-refractivity contribution in [3.63, 3.8) is 0 Å². The van der Waals surface area contributed by atoms with Gasteiger partial charge in [0, 0.05) is 23.2 Å². The average molecular weight is 382 g/mol. The first-order chi connectivity index (χ1) is 13.2. The number of aromatic amines is 1. The molecule has 2 N–H and O–H groups in total. The highest BCUT2D eigenvalue weighted by Crippen LogP contribution is 2.43. The number of hydrogen-bond acceptors (Lipinski definition) is 4. The van der Waals surface area contributed by atoms with E-state index >= 15 is 0 Å². The molecule has 2 heterocycles. The molecule has 0 bridgehead atoms. The highest BCUT2D eigenvalue weighted by molar-refractivity contribution is 6.33. The van der Waals surface area contributed by atoms with Crippen LogP contribution in [0, 0.1) is 0 Å². The summed E-state index contributed by atoms with van der Waals surface area (Å²) in [6.07, 6.45) is 2.10. The highest BCUT2D eigenvalue weighted by atomic mass is 35.5. The van der Waals surface area contributed by atoms with Crippen molar-refractivity contribution in [2.75, 3.05) is 12.1 Å². The Labute approximate surface area is 160 Å². The number of fused-ring (bicyclic) bond motifs is 1. The summed E-state index contributed by atoms with van der Waals surface area (Å²) in [6.45, 7) is 0.191. The van der Waals surface area contributed by atoms with Gasteiger partial charge in [-0.1, -0.05) is 29.8 Å². The number of nitrogens with zero attached hydrogens (tertiary/aromatic N) is 1. The van der Waals surface area contributed by atoms with Crippen molar-refractivity contribution < 1.29 is 14.3 Å². The summed E-state index contributed by atoms with van der Waals surface area (Å²) in [5.74, 6) is 1.41. The fourth-order valence-electron chi connectivity index (χ4n) is 3.27. The van der Waals surface area contributed by atoms with Gasteiger partial charge in [-0.05, 0) is 31.0 Å². The van der Waals surface area contributed by atoms with E-state index in [9.17, 15) is 4.79 Å². The Morgan fingerprint density at radius 3 is 2.78 bits per heavy atom.